The van der Waals surface area contributed by atoms with E-state index in [9.17, 15) is 14.9 Å². The highest BCUT2D eigenvalue weighted by Crippen LogP contribution is 2.44. The van der Waals surface area contributed by atoms with Gasteiger partial charge in [0.05, 0.1) is 28.3 Å². The Morgan fingerprint density at radius 2 is 1.91 bits per heavy atom. The maximum Gasteiger partial charge on any atom is 0.234 e. The van der Waals surface area contributed by atoms with Crippen LogP contribution in [0.2, 0.25) is 0 Å². The van der Waals surface area contributed by atoms with E-state index in [1.54, 1.807) is 0 Å². The Hall–Kier alpha value is -3.30. The van der Waals surface area contributed by atoms with E-state index in [4.69, 9.17) is 0 Å². The number of benzene rings is 2. The van der Waals surface area contributed by atoms with Gasteiger partial charge in [-0.1, -0.05) is 42.1 Å². The smallest absolute Gasteiger partial charge is 0.234 e. The molecular formula is C27H27N3O2S. The number of carbonyl (C=O) groups is 2. The summed E-state index contributed by atoms with van der Waals surface area (Å²) in [6.07, 6.45) is 2.06. The molecule has 0 bridgehead atoms. The fourth-order valence-corrected chi connectivity index (χ4v) is 5.27. The van der Waals surface area contributed by atoms with Crippen LogP contribution in [0, 0.1) is 32.1 Å². The molecule has 168 valence electrons. The Labute approximate surface area is 199 Å². The molecule has 2 aromatic rings. The predicted molar refractivity (Wildman–Crippen MR) is 133 cm³/mol. The number of Topliss-reactive ketones (excluding diaryl/α,β-unsaturated/α-hetero) is 1. The molecule has 0 saturated heterocycles. The van der Waals surface area contributed by atoms with E-state index in [2.05, 4.69) is 16.7 Å². The summed E-state index contributed by atoms with van der Waals surface area (Å²) < 4.78 is 0. The molecule has 1 aliphatic carbocycles. The number of hydrogen-bond donors (Lipinski definition) is 2. The molecule has 2 N–H and O–H groups in total. The number of thioether (sulfide) groups is 1. The van der Waals surface area contributed by atoms with Gasteiger partial charge < -0.3 is 10.6 Å². The molecule has 4 rings (SSSR count). The second kappa shape index (κ2) is 9.68. The van der Waals surface area contributed by atoms with Crippen LogP contribution >= 0.6 is 11.8 Å². The van der Waals surface area contributed by atoms with Gasteiger partial charge in [-0.25, -0.2) is 0 Å². The lowest BCUT2D eigenvalue weighted by molar-refractivity contribution is -0.116. The van der Waals surface area contributed by atoms with Gasteiger partial charge in [-0.2, -0.15) is 5.26 Å². The minimum atomic E-state index is -0.398. The van der Waals surface area contributed by atoms with Gasteiger partial charge in [0.1, 0.15) is 0 Å². The first kappa shape index (κ1) is 22.9. The fraction of sp³-hybridized carbons (Fsp3) is 0.296. The molecule has 1 unspecified atom stereocenters. The normalized spacial score (nSPS) is 17.9. The number of hydrogen-bond acceptors (Lipinski definition) is 5. The Morgan fingerprint density at radius 1 is 1.12 bits per heavy atom. The maximum atomic E-state index is 12.9. The van der Waals surface area contributed by atoms with Gasteiger partial charge in [0.2, 0.25) is 5.91 Å². The lowest BCUT2D eigenvalue weighted by Gasteiger charge is -2.33. The molecule has 1 amide bonds. The summed E-state index contributed by atoms with van der Waals surface area (Å²) in [4.78, 5) is 25.6. The Morgan fingerprint density at radius 3 is 2.64 bits per heavy atom. The van der Waals surface area contributed by atoms with Crippen LogP contribution in [0.4, 0.5) is 5.69 Å². The molecule has 1 atom stereocenters. The molecule has 6 heteroatoms. The Balaban J connectivity index is 1.61. The largest absolute Gasteiger partial charge is 0.352 e. The van der Waals surface area contributed by atoms with Crippen molar-refractivity contribution in [2.75, 3.05) is 11.1 Å². The minimum Gasteiger partial charge on any atom is -0.352 e. The van der Waals surface area contributed by atoms with Crippen molar-refractivity contribution in [2.24, 2.45) is 0 Å². The number of rotatable bonds is 5. The molecule has 2 aromatic carbocycles. The van der Waals surface area contributed by atoms with Crippen LogP contribution in [0.1, 0.15) is 47.4 Å². The third-order valence-corrected chi connectivity index (χ3v) is 7.32. The number of anilines is 1. The predicted octanol–water partition coefficient (Wildman–Crippen LogP) is 5.41. The zero-order valence-electron chi connectivity index (χ0n) is 19.1. The van der Waals surface area contributed by atoms with E-state index in [0.717, 1.165) is 40.9 Å². The SMILES string of the molecule is Cc1ccc(NC(=O)CSC2=C(C#N)C(c3ccccc3C)C3=C(CCCC3=O)N2)cc1C. The van der Waals surface area contributed by atoms with Crippen molar-refractivity contribution < 1.29 is 9.59 Å². The quantitative estimate of drug-likeness (QED) is 0.627. The number of nitrogens with zero attached hydrogens (tertiary/aromatic N) is 1. The van der Waals surface area contributed by atoms with Crippen molar-refractivity contribution in [3.63, 3.8) is 0 Å². The van der Waals surface area contributed by atoms with Crippen LogP contribution in [0.25, 0.3) is 0 Å². The molecule has 0 saturated carbocycles. The van der Waals surface area contributed by atoms with E-state index in [0.29, 0.717) is 22.6 Å². The van der Waals surface area contributed by atoms with Crippen molar-refractivity contribution in [1.29, 1.82) is 5.26 Å². The maximum absolute atomic E-state index is 12.9. The van der Waals surface area contributed by atoms with Gasteiger partial charge in [0.15, 0.2) is 5.78 Å². The van der Waals surface area contributed by atoms with Crippen molar-refractivity contribution in [1.82, 2.24) is 5.32 Å². The summed E-state index contributed by atoms with van der Waals surface area (Å²) in [6.45, 7) is 6.05. The molecule has 0 radical (unpaired) electrons. The Kier molecular flexibility index (Phi) is 6.71. The van der Waals surface area contributed by atoms with Gasteiger partial charge in [-0.3, -0.25) is 9.59 Å². The topological polar surface area (TPSA) is 82.0 Å². The second-order valence-electron chi connectivity index (χ2n) is 8.57. The summed E-state index contributed by atoms with van der Waals surface area (Å²) >= 11 is 1.31. The molecule has 33 heavy (non-hydrogen) atoms. The highest BCUT2D eigenvalue weighted by Gasteiger charge is 2.37. The second-order valence-corrected chi connectivity index (χ2v) is 9.56. The number of aryl methyl sites for hydroxylation is 3. The molecule has 0 aromatic heterocycles. The van der Waals surface area contributed by atoms with Gasteiger partial charge in [0, 0.05) is 23.4 Å². The van der Waals surface area contributed by atoms with E-state index in [1.165, 1.54) is 17.3 Å². The van der Waals surface area contributed by atoms with Crippen molar-refractivity contribution in [3.8, 4) is 6.07 Å². The number of nitriles is 1. The summed E-state index contributed by atoms with van der Waals surface area (Å²) in [5.41, 5.74) is 7.15. The van der Waals surface area contributed by atoms with Crippen LogP contribution in [0.3, 0.4) is 0 Å². The summed E-state index contributed by atoms with van der Waals surface area (Å²) in [5, 5.41) is 17.1. The molecular weight excluding hydrogens is 430 g/mol. The van der Waals surface area contributed by atoms with Crippen molar-refractivity contribution in [2.45, 2.75) is 46.0 Å². The monoisotopic (exact) mass is 457 g/mol. The number of nitrogens with one attached hydrogen (secondary N) is 2. The highest BCUT2D eigenvalue weighted by atomic mass is 32.2. The van der Waals surface area contributed by atoms with Crippen LogP contribution in [-0.4, -0.2) is 17.4 Å². The molecule has 1 aliphatic heterocycles. The first-order valence-corrected chi connectivity index (χ1v) is 12.1. The average molecular weight is 458 g/mol. The van der Waals surface area contributed by atoms with Gasteiger partial charge in [-0.15, -0.1) is 0 Å². The van der Waals surface area contributed by atoms with Gasteiger partial charge >= 0.3 is 0 Å². The van der Waals surface area contributed by atoms with E-state index >= 15 is 0 Å². The zero-order chi connectivity index (χ0) is 23.5. The molecule has 5 nitrogen and oxygen atoms in total. The van der Waals surface area contributed by atoms with E-state index < -0.39 is 5.92 Å². The third kappa shape index (κ3) is 4.74. The number of dihydropyridines is 1. The van der Waals surface area contributed by atoms with Crippen LogP contribution in [0.15, 0.2) is 64.3 Å². The fourth-order valence-electron chi connectivity index (χ4n) is 4.41. The first-order chi connectivity index (χ1) is 15.9. The van der Waals surface area contributed by atoms with Crippen LogP contribution < -0.4 is 10.6 Å². The van der Waals surface area contributed by atoms with Crippen molar-refractivity contribution >= 4 is 29.1 Å². The third-order valence-electron chi connectivity index (χ3n) is 6.30. The van der Waals surface area contributed by atoms with E-state index in [-0.39, 0.29) is 17.4 Å². The number of amides is 1. The molecule has 2 aliphatic rings. The summed E-state index contributed by atoms with van der Waals surface area (Å²) in [7, 11) is 0. The minimum absolute atomic E-state index is 0.0984. The summed E-state index contributed by atoms with van der Waals surface area (Å²) in [6, 6.07) is 16.1. The number of ketones is 1. The highest BCUT2D eigenvalue weighted by molar-refractivity contribution is 8.03. The average Bonchev–Trinajstić information content (AvgIpc) is 2.80. The molecule has 0 fully saturated rings. The summed E-state index contributed by atoms with van der Waals surface area (Å²) in [5.74, 6) is -0.272. The first-order valence-electron chi connectivity index (χ1n) is 11.1. The lowest BCUT2D eigenvalue weighted by Crippen LogP contribution is -2.32. The van der Waals surface area contributed by atoms with Gasteiger partial charge in [0.25, 0.3) is 0 Å². The molecule has 1 heterocycles. The van der Waals surface area contributed by atoms with E-state index in [1.807, 2.05) is 63.2 Å². The number of allylic oxidation sites excluding steroid dienone is 3. The van der Waals surface area contributed by atoms with Gasteiger partial charge in [-0.05, 0) is 68.0 Å². The number of carbonyl (C=O) groups excluding carboxylic acids is 2. The van der Waals surface area contributed by atoms with Crippen molar-refractivity contribution in [3.05, 3.63) is 86.6 Å². The van der Waals surface area contributed by atoms with Crippen LogP contribution in [-0.2, 0) is 9.59 Å². The standard InChI is InChI=1S/C27H27N3O2S/c1-16-11-12-19(13-18(16)3)29-24(32)15-33-27-21(14-28)25(20-8-5-4-7-17(20)2)26-22(30-27)9-6-10-23(26)31/h4-5,7-8,11-13,25,30H,6,9-10,15H2,1-3H3,(H,29,32). The van der Waals surface area contributed by atoms with Crippen LogP contribution in [0.5, 0.6) is 0 Å². The molecule has 0 spiro atoms. The Bertz CT molecular complexity index is 1240. The lowest BCUT2D eigenvalue weighted by atomic mass is 9.76. The zero-order valence-corrected chi connectivity index (χ0v) is 19.9.